The van der Waals surface area contributed by atoms with Gasteiger partial charge in [0.2, 0.25) is 0 Å². The van der Waals surface area contributed by atoms with E-state index in [2.05, 4.69) is 33.8 Å². The minimum Gasteiger partial charge on any atom is -0.460 e. The van der Waals surface area contributed by atoms with E-state index in [4.69, 9.17) is 9.47 Å². The molecule has 0 amide bonds. The van der Waals surface area contributed by atoms with E-state index in [1.54, 1.807) is 13.2 Å². The van der Waals surface area contributed by atoms with E-state index in [1.165, 1.54) is 6.42 Å². The molecule has 0 aromatic heterocycles. The Hall–Kier alpha value is -1.09. The highest BCUT2D eigenvalue weighted by atomic mass is 16.5. The Balaban J connectivity index is 4.20. The second-order valence-corrected chi connectivity index (χ2v) is 7.40. The molecule has 0 radical (unpaired) electrons. The van der Waals surface area contributed by atoms with Crippen LogP contribution in [0.3, 0.4) is 0 Å². The number of esters is 1. The van der Waals surface area contributed by atoms with Gasteiger partial charge >= 0.3 is 5.97 Å². The molecule has 2 unspecified atom stereocenters. The van der Waals surface area contributed by atoms with Crippen molar-refractivity contribution in [2.45, 2.75) is 79.4 Å². The van der Waals surface area contributed by atoms with Crippen LogP contribution in [-0.2, 0) is 14.3 Å². The van der Waals surface area contributed by atoms with Gasteiger partial charge in [-0.05, 0) is 64.9 Å². The summed E-state index contributed by atoms with van der Waals surface area (Å²) >= 11 is 0. The van der Waals surface area contributed by atoms with Gasteiger partial charge in [0.1, 0.15) is 0 Å². The monoisotopic (exact) mass is 324 g/mol. The van der Waals surface area contributed by atoms with Crippen molar-refractivity contribution < 1.29 is 14.3 Å². The number of hydrogen-bond donors (Lipinski definition) is 0. The fourth-order valence-electron chi connectivity index (χ4n) is 2.19. The van der Waals surface area contributed by atoms with Gasteiger partial charge in [0.15, 0.2) is 0 Å². The molecule has 0 saturated carbocycles. The molecule has 0 saturated heterocycles. The SMILES string of the molecule is COC(C)(C)C(C)CCC(C)CC=CC(C)=CC(=O)OC(C)C. The Morgan fingerprint density at radius 1 is 1.13 bits per heavy atom. The highest BCUT2D eigenvalue weighted by Crippen LogP contribution is 2.26. The van der Waals surface area contributed by atoms with Crippen LogP contribution < -0.4 is 0 Å². The van der Waals surface area contributed by atoms with Gasteiger partial charge < -0.3 is 9.47 Å². The zero-order chi connectivity index (χ0) is 18.0. The minimum atomic E-state index is -0.272. The Morgan fingerprint density at radius 3 is 2.26 bits per heavy atom. The summed E-state index contributed by atoms with van der Waals surface area (Å²) in [6.45, 7) is 14.4. The van der Waals surface area contributed by atoms with Gasteiger partial charge in [-0.3, -0.25) is 0 Å². The quantitative estimate of drug-likeness (QED) is 0.310. The van der Waals surface area contributed by atoms with Crippen LogP contribution in [0.15, 0.2) is 23.8 Å². The van der Waals surface area contributed by atoms with Crippen molar-refractivity contribution in [3.63, 3.8) is 0 Å². The normalized spacial score (nSPS) is 16.0. The molecule has 0 aliphatic carbocycles. The molecule has 0 heterocycles. The summed E-state index contributed by atoms with van der Waals surface area (Å²) in [4.78, 5) is 11.5. The summed E-state index contributed by atoms with van der Waals surface area (Å²) in [5.41, 5.74) is 0.864. The fourth-order valence-corrected chi connectivity index (χ4v) is 2.19. The second kappa shape index (κ2) is 10.6. The van der Waals surface area contributed by atoms with Crippen molar-refractivity contribution in [1.29, 1.82) is 0 Å². The summed E-state index contributed by atoms with van der Waals surface area (Å²) in [7, 11) is 1.78. The van der Waals surface area contributed by atoms with Crippen molar-refractivity contribution in [1.82, 2.24) is 0 Å². The molecule has 3 heteroatoms. The molecule has 0 aliphatic heterocycles. The molecule has 0 aliphatic rings. The van der Waals surface area contributed by atoms with Crippen LogP contribution in [0.2, 0.25) is 0 Å². The number of allylic oxidation sites excluding steroid dienone is 3. The van der Waals surface area contributed by atoms with Crippen LogP contribution in [0.25, 0.3) is 0 Å². The molecule has 0 spiro atoms. The number of carbonyl (C=O) groups excluding carboxylic acids is 1. The minimum absolute atomic E-state index is 0.0638. The third-order valence-electron chi connectivity index (χ3n) is 4.42. The predicted molar refractivity (Wildman–Crippen MR) is 97.4 cm³/mol. The Morgan fingerprint density at radius 2 is 1.74 bits per heavy atom. The molecule has 3 nitrogen and oxygen atoms in total. The zero-order valence-corrected chi connectivity index (χ0v) is 16.3. The van der Waals surface area contributed by atoms with E-state index < -0.39 is 0 Å². The lowest BCUT2D eigenvalue weighted by Gasteiger charge is -2.31. The standard InChI is InChI=1S/C20H36O3/c1-15(2)23-19(21)14-17(4)11-9-10-16(3)12-13-18(5)20(6,7)22-8/h9,11,14-16,18H,10,12-13H2,1-8H3. The largest absolute Gasteiger partial charge is 0.460 e. The lowest BCUT2D eigenvalue weighted by atomic mass is 9.85. The average molecular weight is 325 g/mol. The van der Waals surface area contributed by atoms with Crippen LogP contribution in [0, 0.1) is 11.8 Å². The molecule has 134 valence electrons. The summed E-state index contributed by atoms with van der Waals surface area (Å²) in [5, 5.41) is 0. The highest BCUT2D eigenvalue weighted by molar-refractivity contribution is 5.83. The first-order chi connectivity index (χ1) is 10.6. The van der Waals surface area contributed by atoms with E-state index in [0.29, 0.717) is 11.8 Å². The number of carbonyl (C=O) groups is 1. The lowest BCUT2D eigenvalue weighted by Crippen LogP contribution is -2.31. The summed E-state index contributed by atoms with van der Waals surface area (Å²) in [5.74, 6) is 0.883. The van der Waals surface area contributed by atoms with E-state index in [1.807, 2.05) is 26.8 Å². The topological polar surface area (TPSA) is 35.5 Å². The maximum Gasteiger partial charge on any atom is 0.331 e. The van der Waals surface area contributed by atoms with Crippen LogP contribution in [0.4, 0.5) is 0 Å². The van der Waals surface area contributed by atoms with Gasteiger partial charge in [0.25, 0.3) is 0 Å². The molecule has 0 fully saturated rings. The van der Waals surface area contributed by atoms with Crippen molar-refractivity contribution in [2.24, 2.45) is 11.8 Å². The Bertz CT molecular complexity index is 405. The molecular weight excluding hydrogens is 288 g/mol. The van der Waals surface area contributed by atoms with E-state index in [-0.39, 0.29) is 17.7 Å². The number of ether oxygens (including phenoxy) is 2. The first kappa shape index (κ1) is 21.9. The van der Waals surface area contributed by atoms with E-state index >= 15 is 0 Å². The molecule has 2 atom stereocenters. The van der Waals surface area contributed by atoms with Crippen molar-refractivity contribution >= 4 is 5.97 Å². The van der Waals surface area contributed by atoms with Crippen molar-refractivity contribution in [3.8, 4) is 0 Å². The number of hydrogen-bond acceptors (Lipinski definition) is 3. The van der Waals surface area contributed by atoms with Gasteiger partial charge in [0, 0.05) is 13.2 Å². The third-order valence-corrected chi connectivity index (χ3v) is 4.42. The Labute approximate surface area is 143 Å². The van der Waals surface area contributed by atoms with Gasteiger partial charge in [-0.1, -0.05) is 32.4 Å². The van der Waals surface area contributed by atoms with Crippen LogP contribution >= 0.6 is 0 Å². The Kier molecular flexibility index (Phi) is 10.1. The molecule has 23 heavy (non-hydrogen) atoms. The van der Waals surface area contributed by atoms with Gasteiger partial charge in [0.05, 0.1) is 11.7 Å². The zero-order valence-electron chi connectivity index (χ0n) is 16.3. The van der Waals surface area contributed by atoms with E-state index in [9.17, 15) is 4.79 Å². The average Bonchev–Trinajstić information content (AvgIpc) is 2.43. The van der Waals surface area contributed by atoms with Crippen molar-refractivity contribution in [2.75, 3.05) is 7.11 Å². The second-order valence-electron chi connectivity index (χ2n) is 7.40. The maximum absolute atomic E-state index is 11.5. The third kappa shape index (κ3) is 10.3. The van der Waals surface area contributed by atoms with Crippen LogP contribution in [0.1, 0.15) is 67.7 Å². The first-order valence-electron chi connectivity index (χ1n) is 8.69. The smallest absolute Gasteiger partial charge is 0.331 e. The molecule has 0 rings (SSSR count). The fraction of sp³-hybridized carbons (Fsp3) is 0.750. The summed E-state index contributed by atoms with van der Waals surface area (Å²) < 4.78 is 10.6. The van der Waals surface area contributed by atoms with Crippen molar-refractivity contribution in [3.05, 3.63) is 23.8 Å². The van der Waals surface area contributed by atoms with Gasteiger partial charge in [-0.15, -0.1) is 0 Å². The summed E-state index contributed by atoms with van der Waals surface area (Å²) in [6.07, 6.45) is 8.97. The first-order valence-corrected chi connectivity index (χ1v) is 8.69. The number of methoxy groups -OCH3 is 1. The molecule has 0 bridgehead atoms. The van der Waals surface area contributed by atoms with Crippen LogP contribution in [0.5, 0.6) is 0 Å². The molecule has 0 aromatic rings. The maximum atomic E-state index is 11.5. The van der Waals surface area contributed by atoms with Crippen LogP contribution in [-0.4, -0.2) is 24.8 Å². The molecular formula is C20H36O3. The molecule has 0 aromatic carbocycles. The number of rotatable bonds is 10. The van der Waals surface area contributed by atoms with Gasteiger partial charge in [-0.2, -0.15) is 0 Å². The molecule has 0 N–H and O–H groups in total. The highest BCUT2D eigenvalue weighted by Gasteiger charge is 2.24. The van der Waals surface area contributed by atoms with Gasteiger partial charge in [-0.25, -0.2) is 4.79 Å². The predicted octanol–water partition coefficient (Wildman–Crippen LogP) is 5.31. The lowest BCUT2D eigenvalue weighted by molar-refractivity contribution is -0.141. The summed E-state index contributed by atoms with van der Waals surface area (Å²) in [6, 6.07) is 0. The van der Waals surface area contributed by atoms with E-state index in [0.717, 1.165) is 18.4 Å².